The summed E-state index contributed by atoms with van der Waals surface area (Å²) < 4.78 is 12.7. The average Bonchev–Trinajstić information content (AvgIpc) is 2.38. The van der Waals surface area contributed by atoms with E-state index in [0.717, 1.165) is 6.42 Å². The summed E-state index contributed by atoms with van der Waals surface area (Å²) in [5, 5.41) is 14.5. The molecule has 1 unspecified atom stereocenters. The molecule has 96 valence electrons. The van der Waals surface area contributed by atoms with E-state index in [9.17, 15) is 9.18 Å². The molecular formula is C13H16FN3O. The molecule has 0 saturated heterocycles. The fourth-order valence-corrected chi connectivity index (χ4v) is 1.40. The number of hydrogen-bond acceptors (Lipinski definition) is 3. The molecule has 4 nitrogen and oxygen atoms in total. The number of anilines is 1. The maximum atomic E-state index is 12.7. The Balaban J connectivity index is 2.49. The van der Waals surface area contributed by atoms with Crippen LogP contribution in [0.25, 0.3) is 0 Å². The Morgan fingerprint density at radius 1 is 1.44 bits per heavy atom. The number of rotatable bonds is 6. The highest BCUT2D eigenvalue weighted by Gasteiger charge is 2.12. The summed E-state index contributed by atoms with van der Waals surface area (Å²) in [7, 11) is 0. The van der Waals surface area contributed by atoms with Crippen LogP contribution >= 0.6 is 0 Å². The number of carbonyl (C=O) groups is 1. The molecule has 0 fully saturated rings. The summed E-state index contributed by atoms with van der Waals surface area (Å²) in [6.45, 7) is 2.56. The molecule has 0 heterocycles. The number of nitriles is 1. The first-order chi connectivity index (χ1) is 8.65. The first-order valence-electron chi connectivity index (χ1n) is 5.84. The first kappa shape index (κ1) is 14.0. The van der Waals surface area contributed by atoms with Gasteiger partial charge in [0.1, 0.15) is 11.9 Å². The molecule has 0 spiro atoms. The zero-order valence-electron chi connectivity index (χ0n) is 10.2. The minimum absolute atomic E-state index is 0.0773. The second kappa shape index (κ2) is 7.28. The molecule has 0 aromatic heterocycles. The van der Waals surface area contributed by atoms with Crippen LogP contribution in [0.1, 0.15) is 19.8 Å². The van der Waals surface area contributed by atoms with Crippen molar-refractivity contribution in [3.05, 3.63) is 30.1 Å². The van der Waals surface area contributed by atoms with E-state index in [1.165, 1.54) is 24.3 Å². The van der Waals surface area contributed by atoms with Gasteiger partial charge in [-0.15, -0.1) is 0 Å². The van der Waals surface area contributed by atoms with Crippen LogP contribution in [-0.2, 0) is 4.79 Å². The van der Waals surface area contributed by atoms with Crippen molar-refractivity contribution >= 4 is 11.6 Å². The predicted molar refractivity (Wildman–Crippen MR) is 67.3 cm³/mol. The lowest BCUT2D eigenvalue weighted by atomic mass is 10.2. The number of benzene rings is 1. The van der Waals surface area contributed by atoms with Gasteiger partial charge in [0.2, 0.25) is 5.91 Å². The van der Waals surface area contributed by atoms with E-state index in [1.807, 2.05) is 13.0 Å². The molecule has 0 aliphatic carbocycles. The van der Waals surface area contributed by atoms with Crippen LogP contribution in [-0.4, -0.2) is 18.5 Å². The van der Waals surface area contributed by atoms with Gasteiger partial charge in [-0.2, -0.15) is 5.26 Å². The molecule has 2 N–H and O–H groups in total. The van der Waals surface area contributed by atoms with Gasteiger partial charge in [-0.25, -0.2) is 4.39 Å². The SMILES string of the molecule is CCCNC(=O)CC(C#N)Nc1ccc(F)cc1. The Morgan fingerprint density at radius 3 is 2.67 bits per heavy atom. The van der Waals surface area contributed by atoms with Gasteiger partial charge >= 0.3 is 0 Å². The van der Waals surface area contributed by atoms with Crippen molar-refractivity contribution < 1.29 is 9.18 Å². The topological polar surface area (TPSA) is 64.9 Å². The van der Waals surface area contributed by atoms with Gasteiger partial charge in [0.15, 0.2) is 0 Å². The Labute approximate surface area is 106 Å². The van der Waals surface area contributed by atoms with Gasteiger partial charge in [-0.05, 0) is 30.7 Å². The van der Waals surface area contributed by atoms with E-state index in [-0.39, 0.29) is 18.1 Å². The minimum Gasteiger partial charge on any atom is -0.369 e. The molecule has 0 radical (unpaired) electrons. The van der Waals surface area contributed by atoms with Crippen molar-refractivity contribution in [1.82, 2.24) is 5.32 Å². The summed E-state index contributed by atoms with van der Waals surface area (Å²) in [5.41, 5.74) is 0.617. The number of amides is 1. The van der Waals surface area contributed by atoms with Crippen LogP contribution < -0.4 is 10.6 Å². The number of hydrogen-bond donors (Lipinski definition) is 2. The molecule has 5 heteroatoms. The number of nitrogens with zero attached hydrogens (tertiary/aromatic N) is 1. The first-order valence-corrected chi connectivity index (χ1v) is 5.84. The summed E-state index contributed by atoms with van der Waals surface area (Å²) in [6.07, 6.45) is 0.933. The fraction of sp³-hybridized carbons (Fsp3) is 0.385. The van der Waals surface area contributed by atoms with Crippen molar-refractivity contribution in [2.24, 2.45) is 0 Å². The average molecular weight is 249 g/mol. The Kier molecular flexibility index (Phi) is 5.65. The summed E-state index contributed by atoms with van der Waals surface area (Å²) >= 11 is 0. The van der Waals surface area contributed by atoms with Gasteiger partial charge in [0, 0.05) is 12.2 Å². The van der Waals surface area contributed by atoms with E-state index in [0.29, 0.717) is 12.2 Å². The molecule has 1 atom stereocenters. The Morgan fingerprint density at radius 2 is 2.11 bits per heavy atom. The zero-order valence-corrected chi connectivity index (χ0v) is 10.2. The zero-order chi connectivity index (χ0) is 13.4. The van der Waals surface area contributed by atoms with Crippen molar-refractivity contribution in [2.75, 3.05) is 11.9 Å². The summed E-state index contributed by atoms with van der Waals surface area (Å²) in [5.74, 6) is -0.507. The lowest BCUT2D eigenvalue weighted by molar-refractivity contribution is -0.121. The molecule has 0 saturated carbocycles. The van der Waals surface area contributed by atoms with Gasteiger partial charge in [-0.3, -0.25) is 4.79 Å². The largest absolute Gasteiger partial charge is 0.369 e. The third-order valence-electron chi connectivity index (χ3n) is 2.30. The molecule has 1 aromatic rings. The van der Waals surface area contributed by atoms with Crippen molar-refractivity contribution in [2.45, 2.75) is 25.8 Å². The minimum atomic E-state index is -0.618. The van der Waals surface area contributed by atoms with Crippen LogP contribution in [0.4, 0.5) is 10.1 Å². The van der Waals surface area contributed by atoms with E-state index < -0.39 is 6.04 Å². The standard InChI is InChI=1S/C13H16FN3O/c1-2-7-16-13(18)8-12(9-15)17-11-5-3-10(14)4-6-11/h3-6,12,17H,2,7-8H2,1H3,(H,16,18). The highest BCUT2D eigenvalue weighted by molar-refractivity contribution is 5.77. The number of carbonyl (C=O) groups excluding carboxylic acids is 1. The van der Waals surface area contributed by atoms with E-state index >= 15 is 0 Å². The van der Waals surface area contributed by atoms with E-state index in [1.54, 1.807) is 0 Å². The quantitative estimate of drug-likeness (QED) is 0.811. The maximum Gasteiger partial charge on any atom is 0.223 e. The van der Waals surface area contributed by atoms with Crippen LogP contribution in [0.15, 0.2) is 24.3 Å². The second-order valence-corrected chi connectivity index (χ2v) is 3.89. The fourth-order valence-electron chi connectivity index (χ4n) is 1.40. The van der Waals surface area contributed by atoms with E-state index in [4.69, 9.17) is 5.26 Å². The maximum absolute atomic E-state index is 12.7. The van der Waals surface area contributed by atoms with Crippen LogP contribution in [0.5, 0.6) is 0 Å². The van der Waals surface area contributed by atoms with E-state index in [2.05, 4.69) is 10.6 Å². The summed E-state index contributed by atoms with van der Waals surface area (Å²) in [6, 6.07) is 7.05. The second-order valence-electron chi connectivity index (χ2n) is 3.89. The lowest BCUT2D eigenvalue weighted by Crippen LogP contribution is -2.30. The number of nitrogens with one attached hydrogen (secondary N) is 2. The molecule has 18 heavy (non-hydrogen) atoms. The molecule has 0 aliphatic heterocycles. The molecular weight excluding hydrogens is 233 g/mol. The predicted octanol–water partition coefficient (Wildman–Crippen LogP) is 2.05. The Hall–Kier alpha value is -2.09. The molecule has 1 amide bonds. The van der Waals surface area contributed by atoms with Gasteiger partial charge in [0.25, 0.3) is 0 Å². The van der Waals surface area contributed by atoms with Crippen LogP contribution in [0.2, 0.25) is 0 Å². The monoisotopic (exact) mass is 249 g/mol. The smallest absolute Gasteiger partial charge is 0.223 e. The van der Waals surface area contributed by atoms with Crippen molar-refractivity contribution in [3.8, 4) is 6.07 Å². The van der Waals surface area contributed by atoms with Gasteiger partial charge in [-0.1, -0.05) is 6.92 Å². The molecule has 0 bridgehead atoms. The third kappa shape index (κ3) is 4.83. The Bertz CT molecular complexity index is 425. The lowest BCUT2D eigenvalue weighted by Gasteiger charge is -2.12. The number of halogens is 1. The highest BCUT2D eigenvalue weighted by Crippen LogP contribution is 2.10. The molecule has 1 rings (SSSR count). The molecule has 0 aliphatic rings. The normalized spacial score (nSPS) is 11.4. The molecule has 1 aromatic carbocycles. The van der Waals surface area contributed by atoms with Crippen LogP contribution in [0.3, 0.4) is 0 Å². The van der Waals surface area contributed by atoms with Crippen molar-refractivity contribution in [3.63, 3.8) is 0 Å². The van der Waals surface area contributed by atoms with Gasteiger partial charge in [0.05, 0.1) is 12.5 Å². The summed E-state index contributed by atoms with van der Waals surface area (Å²) in [4.78, 5) is 11.5. The highest BCUT2D eigenvalue weighted by atomic mass is 19.1. The van der Waals surface area contributed by atoms with Crippen LogP contribution in [0, 0.1) is 17.1 Å². The third-order valence-corrected chi connectivity index (χ3v) is 2.30. The van der Waals surface area contributed by atoms with Crippen molar-refractivity contribution in [1.29, 1.82) is 5.26 Å². The van der Waals surface area contributed by atoms with Gasteiger partial charge < -0.3 is 10.6 Å².